The number of amides is 1. The number of benzene rings is 2. The predicted molar refractivity (Wildman–Crippen MR) is 74.4 cm³/mol. The molecule has 0 radical (unpaired) electrons. The monoisotopic (exact) mass is 254 g/mol. The van der Waals surface area contributed by atoms with Gasteiger partial charge in [-0.1, -0.05) is 30.3 Å². The molecule has 0 saturated heterocycles. The van der Waals surface area contributed by atoms with Gasteiger partial charge < -0.3 is 15.4 Å². The molecule has 0 aromatic heterocycles. The second-order valence-corrected chi connectivity index (χ2v) is 4.39. The fraction of sp³-hybridized carbons (Fsp3) is 0.133. The number of hydrogen-bond acceptors (Lipinski definition) is 3. The standard InChI is InChI=1S/C15H14N2O2/c1-19-11-7-8-12-13(9-11)16-14(15(18)17-12)10-5-3-2-4-6-10/h2-9,14,16H,1H3,(H,17,18). The number of nitrogens with one attached hydrogen (secondary N) is 2. The Morgan fingerprint density at radius 2 is 1.84 bits per heavy atom. The van der Waals surface area contributed by atoms with Gasteiger partial charge in [-0.25, -0.2) is 0 Å². The summed E-state index contributed by atoms with van der Waals surface area (Å²) in [4.78, 5) is 12.1. The van der Waals surface area contributed by atoms with Crippen LogP contribution in [0.2, 0.25) is 0 Å². The van der Waals surface area contributed by atoms with E-state index >= 15 is 0 Å². The van der Waals surface area contributed by atoms with Gasteiger partial charge in [0, 0.05) is 6.07 Å². The van der Waals surface area contributed by atoms with Crippen LogP contribution in [0.15, 0.2) is 48.5 Å². The van der Waals surface area contributed by atoms with E-state index in [1.165, 1.54) is 0 Å². The van der Waals surface area contributed by atoms with Crippen molar-refractivity contribution in [2.75, 3.05) is 17.7 Å². The molecule has 19 heavy (non-hydrogen) atoms. The Hall–Kier alpha value is -2.49. The summed E-state index contributed by atoms with van der Waals surface area (Å²) in [5.41, 5.74) is 2.58. The van der Waals surface area contributed by atoms with E-state index in [1.54, 1.807) is 7.11 Å². The molecule has 1 aliphatic heterocycles. The van der Waals surface area contributed by atoms with Crippen molar-refractivity contribution in [2.45, 2.75) is 6.04 Å². The highest BCUT2D eigenvalue weighted by molar-refractivity contribution is 6.03. The summed E-state index contributed by atoms with van der Waals surface area (Å²) < 4.78 is 5.20. The van der Waals surface area contributed by atoms with Gasteiger partial charge in [0.1, 0.15) is 11.8 Å². The molecule has 2 N–H and O–H groups in total. The van der Waals surface area contributed by atoms with Gasteiger partial charge in [0.15, 0.2) is 0 Å². The van der Waals surface area contributed by atoms with E-state index in [2.05, 4.69) is 10.6 Å². The first kappa shape index (κ1) is 11.6. The van der Waals surface area contributed by atoms with Gasteiger partial charge in [-0.3, -0.25) is 4.79 Å². The SMILES string of the molecule is COc1ccc2c(c1)NC(c1ccccc1)C(=O)N2. The zero-order chi connectivity index (χ0) is 13.2. The number of carbonyl (C=O) groups is 1. The van der Waals surface area contributed by atoms with Crippen LogP contribution in [-0.4, -0.2) is 13.0 Å². The Balaban J connectivity index is 1.96. The molecule has 0 spiro atoms. The minimum absolute atomic E-state index is 0.0520. The number of rotatable bonds is 2. The quantitative estimate of drug-likeness (QED) is 0.866. The molecule has 2 aromatic carbocycles. The van der Waals surface area contributed by atoms with Gasteiger partial charge in [-0.2, -0.15) is 0 Å². The molecule has 0 aliphatic carbocycles. The van der Waals surface area contributed by atoms with Crippen molar-refractivity contribution in [3.8, 4) is 5.75 Å². The average Bonchev–Trinajstić information content (AvgIpc) is 2.47. The molecule has 1 heterocycles. The van der Waals surface area contributed by atoms with Crippen LogP contribution in [-0.2, 0) is 4.79 Å². The number of ether oxygens (including phenoxy) is 1. The van der Waals surface area contributed by atoms with Gasteiger partial charge in [0.25, 0.3) is 5.91 Å². The zero-order valence-corrected chi connectivity index (χ0v) is 10.5. The first-order valence-electron chi connectivity index (χ1n) is 6.08. The molecule has 1 aliphatic rings. The number of methoxy groups -OCH3 is 1. The first-order valence-corrected chi connectivity index (χ1v) is 6.08. The molecular formula is C15H14N2O2. The van der Waals surface area contributed by atoms with Crippen LogP contribution in [0.5, 0.6) is 5.75 Å². The summed E-state index contributed by atoms with van der Waals surface area (Å²) >= 11 is 0. The summed E-state index contributed by atoms with van der Waals surface area (Å²) in [6.07, 6.45) is 0. The van der Waals surface area contributed by atoms with Crippen LogP contribution in [0, 0.1) is 0 Å². The third-order valence-electron chi connectivity index (χ3n) is 3.18. The fourth-order valence-corrected chi connectivity index (χ4v) is 2.18. The minimum Gasteiger partial charge on any atom is -0.497 e. The summed E-state index contributed by atoms with van der Waals surface area (Å²) in [6.45, 7) is 0. The second-order valence-electron chi connectivity index (χ2n) is 4.39. The van der Waals surface area contributed by atoms with Crippen LogP contribution in [0.25, 0.3) is 0 Å². The molecule has 0 bridgehead atoms. The molecule has 4 heteroatoms. The molecule has 0 saturated carbocycles. The number of anilines is 2. The Morgan fingerprint density at radius 1 is 1.05 bits per heavy atom. The highest BCUT2D eigenvalue weighted by atomic mass is 16.5. The fourth-order valence-electron chi connectivity index (χ4n) is 2.18. The van der Waals surface area contributed by atoms with E-state index in [0.29, 0.717) is 0 Å². The lowest BCUT2D eigenvalue weighted by Gasteiger charge is -2.27. The van der Waals surface area contributed by atoms with E-state index in [1.807, 2.05) is 48.5 Å². The van der Waals surface area contributed by atoms with Gasteiger partial charge >= 0.3 is 0 Å². The largest absolute Gasteiger partial charge is 0.497 e. The summed E-state index contributed by atoms with van der Waals surface area (Å²) in [6, 6.07) is 14.8. The topological polar surface area (TPSA) is 50.4 Å². The van der Waals surface area contributed by atoms with Gasteiger partial charge in [-0.05, 0) is 17.7 Å². The number of fused-ring (bicyclic) bond motifs is 1. The second kappa shape index (κ2) is 4.65. The van der Waals surface area contributed by atoms with E-state index in [-0.39, 0.29) is 11.9 Å². The third-order valence-corrected chi connectivity index (χ3v) is 3.18. The van der Waals surface area contributed by atoms with Crippen molar-refractivity contribution in [1.29, 1.82) is 0 Å². The molecule has 1 atom stereocenters. The van der Waals surface area contributed by atoms with Crippen molar-refractivity contribution < 1.29 is 9.53 Å². The Morgan fingerprint density at radius 3 is 2.58 bits per heavy atom. The Labute approximate surface area is 111 Å². The van der Waals surface area contributed by atoms with Crippen molar-refractivity contribution in [3.63, 3.8) is 0 Å². The first-order chi connectivity index (χ1) is 9.28. The van der Waals surface area contributed by atoms with E-state index in [0.717, 1.165) is 22.7 Å². The third kappa shape index (κ3) is 2.12. The lowest BCUT2D eigenvalue weighted by molar-refractivity contribution is -0.117. The number of carbonyl (C=O) groups excluding carboxylic acids is 1. The molecule has 1 unspecified atom stereocenters. The summed E-state index contributed by atoms with van der Waals surface area (Å²) in [5, 5.41) is 6.15. The van der Waals surface area contributed by atoms with Crippen LogP contribution in [0.1, 0.15) is 11.6 Å². The lowest BCUT2D eigenvalue weighted by Crippen LogP contribution is -2.31. The maximum Gasteiger partial charge on any atom is 0.251 e. The highest BCUT2D eigenvalue weighted by Crippen LogP contribution is 2.34. The molecule has 2 aromatic rings. The van der Waals surface area contributed by atoms with Crippen molar-refractivity contribution >= 4 is 17.3 Å². The smallest absolute Gasteiger partial charge is 0.251 e. The highest BCUT2D eigenvalue weighted by Gasteiger charge is 2.26. The van der Waals surface area contributed by atoms with Crippen LogP contribution >= 0.6 is 0 Å². The van der Waals surface area contributed by atoms with Gasteiger partial charge in [-0.15, -0.1) is 0 Å². The van der Waals surface area contributed by atoms with Crippen LogP contribution in [0.4, 0.5) is 11.4 Å². The summed E-state index contributed by atoms with van der Waals surface area (Å²) in [5.74, 6) is 0.707. The minimum atomic E-state index is -0.374. The van der Waals surface area contributed by atoms with E-state index in [9.17, 15) is 4.79 Å². The van der Waals surface area contributed by atoms with Crippen LogP contribution < -0.4 is 15.4 Å². The lowest BCUT2D eigenvalue weighted by atomic mass is 10.0. The predicted octanol–water partition coefficient (Wildman–Crippen LogP) is 2.80. The molecule has 0 fully saturated rings. The van der Waals surface area contributed by atoms with Gasteiger partial charge in [0.2, 0.25) is 0 Å². The number of hydrogen-bond donors (Lipinski definition) is 2. The van der Waals surface area contributed by atoms with Crippen molar-refractivity contribution in [2.24, 2.45) is 0 Å². The molecular weight excluding hydrogens is 240 g/mol. The molecule has 3 rings (SSSR count). The van der Waals surface area contributed by atoms with Crippen molar-refractivity contribution in [3.05, 3.63) is 54.1 Å². The molecule has 1 amide bonds. The summed E-state index contributed by atoms with van der Waals surface area (Å²) in [7, 11) is 1.62. The maximum atomic E-state index is 12.1. The maximum absolute atomic E-state index is 12.1. The van der Waals surface area contributed by atoms with E-state index in [4.69, 9.17) is 4.74 Å². The van der Waals surface area contributed by atoms with Crippen LogP contribution in [0.3, 0.4) is 0 Å². The average molecular weight is 254 g/mol. The Kier molecular flexibility index (Phi) is 2.83. The van der Waals surface area contributed by atoms with Gasteiger partial charge in [0.05, 0.1) is 18.5 Å². The van der Waals surface area contributed by atoms with Crippen molar-refractivity contribution in [1.82, 2.24) is 0 Å². The molecule has 96 valence electrons. The Bertz CT molecular complexity index is 611. The normalized spacial score (nSPS) is 17.1. The molecule has 4 nitrogen and oxygen atoms in total. The van der Waals surface area contributed by atoms with E-state index < -0.39 is 0 Å². The zero-order valence-electron chi connectivity index (χ0n) is 10.5.